The van der Waals surface area contributed by atoms with Crippen LogP contribution in [0.1, 0.15) is 5.69 Å². The zero-order valence-electron chi connectivity index (χ0n) is 14.0. The van der Waals surface area contributed by atoms with Crippen molar-refractivity contribution in [1.29, 1.82) is 0 Å². The SMILES string of the molecule is COCC(=O)Nc1cc(NC(=O)NCCc2cscn2)ccc1OC. The number of carbonyl (C=O) groups excluding carboxylic acids is 2. The van der Waals surface area contributed by atoms with E-state index in [1.54, 1.807) is 23.7 Å². The molecule has 9 heteroatoms. The third-order valence-corrected chi connectivity index (χ3v) is 3.79. The minimum atomic E-state index is -0.338. The molecule has 0 fully saturated rings. The van der Waals surface area contributed by atoms with Gasteiger partial charge in [0.05, 0.1) is 24.0 Å². The number of amides is 3. The Morgan fingerprint density at radius 2 is 2.08 bits per heavy atom. The maximum absolute atomic E-state index is 12.0. The number of anilines is 2. The van der Waals surface area contributed by atoms with Gasteiger partial charge in [-0.2, -0.15) is 0 Å². The first-order chi connectivity index (χ1) is 12.1. The molecule has 1 aromatic carbocycles. The molecule has 2 aromatic rings. The van der Waals surface area contributed by atoms with Crippen LogP contribution >= 0.6 is 11.3 Å². The molecule has 0 atom stereocenters. The zero-order chi connectivity index (χ0) is 18.1. The van der Waals surface area contributed by atoms with Crippen molar-refractivity contribution in [1.82, 2.24) is 10.3 Å². The van der Waals surface area contributed by atoms with Gasteiger partial charge >= 0.3 is 6.03 Å². The first-order valence-electron chi connectivity index (χ1n) is 7.51. The highest BCUT2D eigenvalue weighted by atomic mass is 32.1. The number of thiazole rings is 1. The van der Waals surface area contributed by atoms with Gasteiger partial charge in [-0.25, -0.2) is 9.78 Å². The molecule has 8 nitrogen and oxygen atoms in total. The van der Waals surface area contributed by atoms with Crippen LogP contribution in [0.5, 0.6) is 5.75 Å². The van der Waals surface area contributed by atoms with Gasteiger partial charge in [0.2, 0.25) is 5.91 Å². The van der Waals surface area contributed by atoms with E-state index in [0.717, 1.165) is 5.69 Å². The second-order valence-corrected chi connectivity index (χ2v) is 5.73. The number of hydrogen-bond donors (Lipinski definition) is 3. The average molecular weight is 364 g/mol. The number of urea groups is 1. The lowest BCUT2D eigenvalue weighted by atomic mass is 10.2. The zero-order valence-corrected chi connectivity index (χ0v) is 14.8. The minimum Gasteiger partial charge on any atom is -0.495 e. The summed E-state index contributed by atoms with van der Waals surface area (Å²) in [7, 11) is 2.93. The number of benzene rings is 1. The van der Waals surface area contributed by atoms with Crippen LogP contribution in [0.25, 0.3) is 0 Å². The van der Waals surface area contributed by atoms with E-state index in [9.17, 15) is 9.59 Å². The molecule has 0 aliphatic rings. The molecule has 3 N–H and O–H groups in total. The van der Waals surface area contributed by atoms with Crippen LogP contribution in [-0.2, 0) is 16.0 Å². The van der Waals surface area contributed by atoms with Crippen LogP contribution in [0.4, 0.5) is 16.2 Å². The average Bonchev–Trinajstić information content (AvgIpc) is 3.09. The van der Waals surface area contributed by atoms with Gasteiger partial charge in [0, 0.05) is 31.1 Å². The first-order valence-corrected chi connectivity index (χ1v) is 8.45. The summed E-state index contributed by atoms with van der Waals surface area (Å²) in [5, 5.41) is 10.1. The molecule has 2 rings (SSSR count). The van der Waals surface area contributed by atoms with Crippen molar-refractivity contribution in [2.24, 2.45) is 0 Å². The van der Waals surface area contributed by atoms with E-state index in [1.807, 2.05) is 5.38 Å². The van der Waals surface area contributed by atoms with Crippen LogP contribution in [0, 0.1) is 0 Å². The second-order valence-electron chi connectivity index (χ2n) is 5.01. The highest BCUT2D eigenvalue weighted by molar-refractivity contribution is 7.07. The highest BCUT2D eigenvalue weighted by Crippen LogP contribution is 2.27. The van der Waals surface area contributed by atoms with Crippen molar-refractivity contribution in [3.05, 3.63) is 34.8 Å². The Bertz CT molecular complexity index is 706. The normalized spacial score (nSPS) is 10.2. The molecule has 0 saturated carbocycles. The van der Waals surface area contributed by atoms with Crippen LogP contribution in [0.15, 0.2) is 29.1 Å². The monoisotopic (exact) mass is 364 g/mol. The van der Waals surface area contributed by atoms with Crippen molar-refractivity contribution in [2.75, 3.05) is 38.0 Å². The fraction of sp³-hybridized carbons (Fsp3) is 0.312. The van der Waals surface area contributed by atoms with Crippen LogP contribution in [0.2, 0.25) is 0 Å². The van der Waals surface area contributed by atoms with Crippen molar-refractivity contribution < 1.29 is 19.1 Å². The van der Waals surface area contributed by atoms with Gasteiger partial charge in [-0.05, 0) is 18.2 Å². The van der Waals surface area contributed by atoms with Crippen molar-refractivity contribution in [3.63, 3.8) is 0 Å². The number of carbonyl (C=O) groups is 2. The smallest absolute Gasteiger partial charge is 0.319 e. The molecule has 3 amide bonds. The Morgan fingerprint density at radius 3 is 2.76 bits per heavy atom. The number of hydrogen-bond acceptors (Lipinski definition) is 6. The fourth-order valence-corrected chi connectivity index (χ4v) is 2.63. The van der Waals surface area contributed by atoms with Gasteiger partial charge in [0.15, 0.2) is 0 Å². The van der Waals surface area contributed by atoms with E-state index in [1.165, 1.54) is 25.6 Å². The molecule has 0 bridgehead atoms. The van der Waals surface area contributed by atoms with Crippen molar-refractivity contribution in [3.8, 4) is 5.75 Å². The molecule has 0 aliphatic carbocycles. The molecule has 1 aromatic heterocycles. The summed E-state index contributed by atoms with van der Waals surface area (Å²) in [6.07, 6.45) is 0.665. The summed E-state index contributed by atoms with van der Waals surface area (Å²) in [5.41, 5.74) is 3.67. The molecular formula is C16H20N4O4S. The van der Waals surface area contributed by atoms with Gasteiger partial charge in [0.1, 0.15) is 12.4 Å². The van der Waals surface area contributed by atoms with Crippen LogP contribution in [-0.4, -0.2) is 44.3 Å². The largest absolute Gasteiger partial charge is 0.495 e. The van der Waals surface area contributed by atoms with Gasteiger partial charge in [-0.3, -0.25) is 4.79 Å². The number of nitrogens with zero attached hydrogens (tertiary/aromatic N) is 1. The summed E-state index contributed by atoms with van der Waals surface area (Å²) >= 11 is 1.52. The maximum Gasteiger partial charge on any atom is 0.319 e. The predicted octanol–water partition coefficient (Wildman–Crippen LogP) is 2.10. The Labute approximate surface area is 149 Å². The number of methoxy groups -OCH3 is 2. The molecule has 0 saturated heterocycles. The minimum absolute atomic E-state index is 0.0715. The highest BCUT2D eigenvalue weighted by Gasteiger charge is 2.10. The molecule has 25 heavy (non-hydrogen) atoms. The Hall–Kier alpha value is -2.65. The molecule has 0 spiro atoms. The number of rotatable bonds is 8. The number of ether oxygens (including phenoxy) is 2. The Kier molecular flexibility index (Phi) is 7.17. The third kappa shape index (κ3) is 6.05. The van der Waals surface area contributed by atoms with E-state index in [-0.39, 0.29) is 18.5 Å². The summed E-state index contributed by atoms with van der Waals surface area (Å²) in [6.45, 7) is 0.404. The van der Waals surface area contributed by atoms with E-state index in [2.05, 4.69) is 20.9 Å². The van der Waals surface area contributed by atoms with Gasteiger partial charge in [-0.15, -0.1) is 11.3 Å². The standard InChI is InChI=1S/C16H20N4O4S/c1-23-8-15(21)20-13-7-11(3-4-14(13)24-2)19-16(22)17-6-5-12-9-25-10-18-12/h3-4,7,9-10H,5-6,8H2,1-2H3,(H,20,21)(H2,17,19,22). The quantitative estimate of drug-likeness (QED) is 0.666. The third-order valence-electron chi connectivity index (χ3n) is 3.16. The van der Waals surface area contributed by atoms with E-state index >= 15 is 0 Å². The van der Waals surface area contributed by atoms with E-state index in [0.29, 0.717) is 30.1 Å². The molecular weight excluding hydrogens is 344 g/mol. The molecule has 0 aliphatic heterocycles. The van der Waals surface area contributed by atoms with Gasteiger partial charge in [-0.1, -0.05) is 0 Å². The molecule has 1 heterocycles. The molecule has 0 radical (unpaired) electrons. The summed E-state index contributed by atoms with van der Waals surface area (Å²) in [5.74, 6) is 0.171. The van der Waals surface area contributed by atoms with E-state index in [4.69, 9.17) is 9.47 Å². The van der Waals surface area contributed by atoms with Gasteiger partial charge in [0.25, 0.3) is 0 Å². The molecule has 134 valence electrons. The second kappa shape index (κ2) is 9.60. The maximum atomic E-state index is 12.0. The van der Waals surface area contributed by atoms with Crippen LogP contribution in [0.3, 0.4) is 0 Å². The summed E-state index contributed by atoms with van der Waals surface area (Å²) < 4.78 is 9.98. The van der Waals surface area contributed by atoms with Gasteiger partial charge < -0.3 is 25.4 Å². The fourth-order valence-electron chi connectivity index (χ4n) is 2.04. The van der Waals surface area contributed by atoms with Crippen molar-refractivity contribution in [2.45, 2.75) is 6.42 Å². The van der Waals surface area contributed by atoms with Crippen LogP contribution < -0.4 is 20.7 Å². The lowest BCUT2D eigenvalue weighted by Gasteiger charge is -2.13. The number of nitrogens with one attached hydrogen (secondary N) is 3. The Balaban J connectivity index is 1.91. The Morgan fingerprint density at radius 1 is 1.24 bits per heavy atom. The number of aromatic nitrogens is 1. The topological polar surface area (TPSA) is 102 Å². The van der Waals surface area contributed by atoms with Crippen molar-refractivity contribution >= 4 is 34.6 Å². The lowest BCUT2D eigenvalue weighted by molar-refractivity contribution is -0.119. The summed E-state index contributed by atoms with van der Waals surface area (Å²) in [6, 6.07) is 4.62. The summed E-state index contributed by atoms with van der Waals surface area (Å²) in [4.78, 5) is 27.8. The molecule has 0 unspecified atom stereocenters. The predicted molar refractivity (Wildman–Crippen MR) is 96.3 cm³/mol. The lowest BCUT2D eigenvalue weighted by Crippen LogP contribution is -2.30. The first kappa shape index (κ1) is 18.7. The van der Waals surface area contributed by atoms with E-state index < -0.39 is 0 Å².